The highest BCUT2D eigenvalue weighted by atomic mass is 32.1. The Morgan fingerprint density at radius 2 is 1.73 bits per heavy atom. The van der Waals surface area contributed by atoms with Crippen LogP contribution >= 0.6 is 11.3 Å². The number of pyridine rings is 1. The fourth-order valence-electron chi connectivity index (χ4n) is 7.24. The molecule has 2 aromatic heterocycles. The standard InChI is InChI=1S/C42H44N4O5S/c1-26-30(10-8-13-35(26)50-29-17-15-27(16-18-29)22-24-47)31-19-20-37(44-38(31)40(49)51-42(2,3)4)46-23-21-28-9-7-11-32(33(28)25-46)39(48)45-41-43-34-12-5-6-14-36(34)52-41/h5-14,19-20,24,27,29H,15-18,21-23,25H2,1-4H3,(H,43,45,48). The van der Waals surface area contributed by atoms with Gasteiger partial charge in [-0.15, -0.1) is 0 Å². The number of esters is 1. The van der Waals surface area contributed by atoms with Crippen molar-refractivity contribution in [1.82, 2.24) is 9.97 Å². The number of hydrogen-bond acceptors (Lipinski definition) is 9. The van der Waals surface area contributed by atoms with Crippen LogP contribution in [0.2, 0.25) is 0 Å². The van der Waals surface area contributed by atoms with Crippen molar-refractivity contribution in [3.63, 3.8) is 0 Å². The first kappa shape index (κ1) is 35.3. The Kier molecular flexibility index (Phi) is 10.1. The first-order chi connectivity index (χ1) is 25.1. The van der Waals surface area contributed by atoms with E-state index in [1.54, 1.807) is 0 Å². The summed E-state index contributed by atoms with van der Waals surface area (Å²) in [5.41, 5.74) is 5.44. The number of thiazole rings is 1. The molecule has 5 aromatic rings. The summed E-state index contributed by atoms with van der Waals surface area (Å²) in [5.74, 6) is 1.14. The number of amides is 1. The molecule has 3 heterocycles. The van der Waals surface area contributed by atoms with Gasteiger partial charge >= 0.3 is 5.97 Å². The molecular weight excluding hydrogens is 673 g/mol. The van der Waals surface area contributed by atoms with Gasteiger partial charge in [0.25, 0.3) is 5.91 Å². The molecule has 0 saturated heterocycles. The second-order valence-electron chi connectivity index (χ2n) is 14.7. The summed E-state index contributed by atoms with van der Waals surface area (Å²) < 4.78 is 13.4. The molecule has 0 spiro atoms. The van der Waals surface area contributed by atoms with Crippen molar-refractivity contribution in [1.29, 1.82) is 0 Å². The van der Waals surface area contributed by atoms with E-state index in [4.69, 9.17) is 14.5 Å². The van der Waals surface area contributed by atoms with Crippen LogP contribution in [0.5, 0.6) is 5.75 Å². The fraction of sp³-hybridized carbons (Fsp3) is 0.357. The van der Waals surface area contributed by atoms with Crippen LogP contribution in [0.3, 0.4) is 0 Å². The summed E-state index contributed by atoms with van der Waals surface area (Å²) in [5, 5.41) is 3.57. The molecule has 1 amide bonds. The number of nitrogens with zero attached hydrogens (tertiary/aromatic N) is 3. The Morgan fingerprint density at radius 3 is 2.50 bits per heavy atom. The van der Waals surface area contributed by atoms with E-state index >= 15 is 0 Å². The van der Waals surface area contributed by atoms with Gasteiger partial charge in [0, 0.05) is 30.6 Å². The van der Waals surface area contributed by atoms with Gasteiger partial charge in [-0.2, -0.15) is 0 Å². The predicted molar refractivity (Wildman–Crippen MR) is 205 cm³/mol. The van der Waals surface area contributed by atoms with Gasteiger partial charge in [-0.3, -0.25) is 10.1 Å². The Balaban J connectivity index is 1.16. The smallest absolute Gasteiger partial charge is 0.358 e. The largest absolute Gasteiger partial charge is 0.490 e. The molecule has 0 bridgehead atoms. The van der Waals surface area contributed by atoms with E-state index in [-0.39, 0.29) is 17.7 Å². The third-order valence-corrected chi connectivity index (χ3v) is 10.9. The van der Waals surface area contributed by atoms with Crippen LogP contribution < -0.4 is 15.0 Å². The Morgan fingerprint density at radius 1 is 0.942 bits per heavy atom. The third-order valence-electron chi connectivity index (χ3n) is 9.92. The highest BCUT2D eigenvalue weighted by molar-refractivity contribution is 7.22. The minimum absolute atomic E-state index is 0.0813. The van der Waals surface area contributed by atoms with Gasteiger partial charge in [0.05, 0.1) is 16.3 Å². The molecule has 268 valence electrons. The molecule has 10 heteroatoms. The number of rotatable bonds is 9. The normalized spacial score (nSPS) is 17.3. The second kappa shape index (κ2) is 14.9. The lowest BCUT2D eigenvalue weighted by Crippen LogP contribution is -2.33. The van der Waals surface area contributed by atoms with Crippen molar-refractivity contribution in [3.05, 3.63) is 101 Å². The van der Waals surface area contributed by atoms with Crippen LogP contribution in [0.25, 0.3) is 21.3 Å². The molecule has 0 atom stereocenters. The summed E-state index contributed by atoms with van der Waals surface area (Å²) >= 11 is 1.45. The van der Waals surface area contributed by atoms with Crippen LogP contribution in [-0.2, 0) is 22.5 Å². The van der Waals surface area contributed by atoms with E-state index in [2.05, 4.69) is 21.3 Å². The number of nitrogens with one attached hydrogen (secondary N) is 1. The average Bonchev–Trinajstić information content (AvgIpc) is 3.54. The van der Waals surface area contributed by atoms with Crippen molar-refractivity contribution in [2.24, 2.45) is 5.92 Å². The maximum atomic E-state index is 13.8. The van der Waals surface area contributed by atoms with E-state index in [1.165, 1.54) is 11.3 Å². The molecule has 1 aliphatic heterocycles. The van der Waals surface area contributed by atoms with Gasteiger partial charge in [-0.05, 0) is 124 Å². The summed E-state index contributed by atoms with van der Waals surface area (Å²) in [6, 6.07) is 23.5. The number of fused-ring (bicyclic) bond motifs is 2. The molecule has 52 heavy (non-hydrogen) atoms. The zero-order chi connectivity index (χ0) is 36.4. The Labute approximate surface area is 308 Å². The number of aldehydes is 1. The van der Waals surface area contributed by atoms with Crippen molar-refractivity contribution in [3.8, 4) is 16.9 Å². The van der Waals surface area contributed by atoms with Gasteiger partial charge in [-0.1, -0.05) is 47.7 Å². The van der Waals surface area contributed by atoms with Crippen LogP contribution in [0.15, 0.2) is 72.8 Å². The fourth-order valence-corrected chi connectivity index (χ4v) is 8.10. The van der Waals surface area contributed by atoms with E-state index in [9.17, 15) is 14.4 Å². The minimum atomic E-state index is -0.718. The average molecular weight is 717 g/mol. The van der Waals surface area contributed by atoms with Crippen molar-refractivity contribution in [2.45, 2.75) is 84.5 Å². The summed E-state index contributed by atoms with van der Waals surface area (Å²) in [6.45, 7) is 8.68. The van der Waals surface area contributed by atoms with Crippen LogP contribution in [0.1, 0.15) is 90.4 Å². The number of ether oxygens (including phenoxy) is 2. The molecule has 0 unspecified atom stereocenters. The lowest BCUT2D eigenvalue weighted by atomic mass is 9.85. The lowest BCUT2D eigenvalue weighted by Gasteiger charge is -2.31. The van der Waals surface area contributed by atoms with Crippen LogP contribution in [-0.4, -0.2) is 46.4 Å². The zero-order valence-corrected chi connectivity index (χ0v) is 30.9. The van der Waals surface area contributed by atoms with Crippen molar-refractivity contribution >= 4 is 50.7 Å². The van der Waals surface area contributed by atoms with Crippen molar-refractivity contribution < 1.29 is 23.9 Å². The summed E-state index contributed by atoms with van der Waals surface area (Å²) in [6.07, 6.45) is 6.21. The quantitative estimate of drug-likeness (QED) is 0.119. The van der Waals surface area contributed by atoms with E-state index in [0.717, 1.165) is 76.6 Å². The first-order valence-corrected chi connectivity index (χ1v) is 18.8. The third kappa shape index (κ3) is 7.72. The summed E-state index contributed by atoms with van der Waals surface area (Å²) in [7, 11) is 0. The molecule has 1 aliphatic carbocycles. The van der Waals surface area contributed by atoms with Gasteiger partial charge in [0.2, 0.25) is 0 Å². The molecule has 0 radical (unpaired) electrons. The monoisotopic (exact) mass is 716 g/mol. The topological polar surface area (TPSA) is 111 Å². The maximum Gasteiger partial charge on any atom is 0.358 e. The first-order valence-electron chi connectivity index (χ1n) is 18.0. The van der Waals surface area contributed by atoms with E-state index < -0.39 is 11.6 Å². The molecular formula is C42H44N4O5S. The number of hydrogen-bond donors (Lipinski definition) is 1. The minimum Gasteiger partial charge on any atom is -0.490 e. The highest BCUT2D eigenvalue weighted by Gasteiger charge is 2.29. The van der Waals surface area contributed by atoms with E-state index in [0.29, 0.717) is 47.5 Å². The molecule has 1 N–H and O–H groups in total. The molecule has 1 saturated carbocycles. The number of para-hydroxylation sites is 1. The van der Waals surface area contributed by atoms with Crippen molar-refractivity contribution in [2.75, 3.05) is 16.8 Å². The summed E-state index contributed by atoms with van der Waals surface area (Å²) in [4.78, 5) is 50.2. The van der Waals surface area contributed by atoms with E-state index in [1.807, 2.05) is 94.4 Å². The number of aromatic nitrogens is 2. The highest BCUT2D eigenvalue weighted by Crippen LogP contribution is 2.37. The molecule has 9 nitrogen and oxygen atoms in total. The number of anilines is 2. The van der Waals surface area contributed by atoms with Gasteiger partial charge in [0.1, 0.15) is 23.5 Å². The maximum absolute atomic E-state index is 13.8. The lowest BCUT2D eigenvalue weighted by molar-refractivity contribution is -0.109. The Bertz CT molecular complexity index is 2100. The second-order valence-corrected chi connectivity index (χ2v) is 15.7. The Hall–Kier alpha value is -5.09. The SMILES string of the molecule is Cc1c(OC2CCC(CC=O)CC2)cccc1-c1ccc(N2CCc3cccc(C(=O)Nc4nc5ccccc5s4)c3C2)nc1C(=O)OC(C)(C)C. The molecule has 3 aromatic carbocycles. The molecule has 2 aliphatic rings. The van der Waals surface area contributed by atoms with Gasteiger partial charge < -0.3 is 19.2 Å². The zero-order valence-electron chi connectivity index (χ0n) is 30.1. The number of benzene rings is 3. The predicted octanol–water partition coefficient (Wildman–Crippen LogP) is 8.96. The van der Waals surface area contributed by atoms with Gasteiger partial charge in [-0.25, -0.2) is 14.8 Å². The van der Waals surface area contributed by atoms with Crippen LogP contribution in [0.4, 0.5) is 10.9 Å². The van der Waals surface area contributed by atoms with Crippen LogP contribution in [0, 0.1) is 12.8 Å². The molecule has 7 rings (SSSR count). The number of carbonyl (C=O) groups excluding carboxylic acids is 3. The molecule has 1 fully saturated rings. The number of carbonyl (C=O) groups is 3. The van der Waals surface area contributed by atoms with Gasteiger partial charge in [0.15, 0.2) is 10.8 Å².